The molecule has 0 saturated carbocycles. The highest BCUT2D eigenvalue weighted by Gasteiger charge is 2.19. The molecule has 0 radical (unpaired) electrons. The molecule has 0 unspecified atom stereocenters. The van der Waals surface area contributed by atoms with Crippen molar-refractivity contribution >= 4 is 22.9 Å². The van der Waals surface area contributed by atoms with Crippen LogP contribution in [0.15, 0.2) is 29.3 Å². The SMILES string of the molecule is CN(CCn1nnc2c(C(N)=O)ncn2c1=O)c1ccc(F)cc1[N+](=O)[O-]. The lowest BCUT2D eigenvalue weighted by atomic mass is 10.2. The Morgan fingerprint density at radius 1 is 1.44 bits per heavy atom. The summed E-state index contributed by atoms with van der Waals surface area (Å²) >= 11 is 0. The number of nitrogens with zero attached hydrogens (tertiary/aromatic N) is 7. The van der Waals surface area contributed by atoms with Crippen molar-refractivity contribution in [2.45, 2.75) is 6.54 Å². The molecular formula is C14H13FN8O4. The molecule has 3 aromatic rings. The van der Waals surface area contributed by atoms with Gasteiger partial charge in [0.05, 0.1) is 17.5 Å². The molecule has 12 nitrogen and oxygen atoms in total. The number of hydrogen-bond acceptors (Lipinski definition) is 8. The molecule has 0 aliphatic rings. The monoisotopic (exact) mass is 376 g/mol. The molecule has 3 rings (SSSR count). The number of nitro benzene ring substituents is 1. The molecule has 13 heteroatoms. The molecule has 1 amide bonds. The molecular weight excluding hydrogens is 363 g/mol. The number of primary amides is 1. The highest BCUT2D eigenvalue weighted by atomic mass is 19.1. The summed E-state index contributed by atoms with van der Waals surface area (Å²) in [7, 11) is 1.56. The molecule has 0 aliphatic carbocycles. The summed E-state index contributed by atoms with van der Waals surface area (Å²) in [5, 5.41) is 18.6. The fourth-order valence-corrected chi connectivity index (χ4v) is 2.48. The first-order valence-electron chi connectivity index (χ1n) is 7.55. The quantitative estimate of drug-likeness (QED) is 0.449. The van der Waals surface area contributed by atoms with Crippen LogP contribution in [0.3, 0.4) is 0 Å². The Labute approximate surface area is 149 Å². The first-order valence-corrected chi connectivity index (χ1v) is 7.55. The molecule has 2 heterocycles. The average Bonchev–Trinajstić information content (AvgIpc) is 3.06. The van der Waals surface area contributed by atoms with Crippen molar-refractivity contribution in [3.8, 4) is 0 Å². The van der Waals surface area contributed by atoms with Crippen molar-refractivity contribution < 1.29 is 14.1 Å². The van der Waals surface area contributed by atoms with Gasteiger partial charge in [-0.3, -0.25) is 14.9 Å². The van der Waals surface area contributed by atoms with Gasteiger partial charge in [-0.15, -0.1) is 5.10 Å². The number of hydrogen-bond donors (Lipinski definition) is 1. The fourth-order valence-electron chi connectivity index (χ4n) is 2.48. The lowest BCUT2D eigenvalue weighted by molar-refractivity contribution is -0.384. The molecule has 0 aliphatic heterocycles. The number of rotatable bonds is 6. The molecule has 1 aromatic carbocycles. The standard InChI is InChI=1S/C14H13FN8O4/c1-20(9-3-2-8(15)6-10(9)23(26)27)4-5-22-14(25)21-7-17-11(12(16)24)13(21)18-19-22/h2-3,6-7H,4-5H2,1H3,(H2,16,24). The Kier molecular flexibility index (Phi) is 4.50. The number of anilines is 1. The minimum Gasteiger partial charge on any atom is -0.367 e. The van der Waals surface area contributed by atoms with E-state index < -0.39 is 28.0 Å². The van der Waals surface area contributed by atoms with Crippen LogP contribution in [0.25, 0.3) is 5.65 Å². The van der Waals surface area contributed by atoms with Crippen LogP contribution in [0.1, 0.15) is 10.5 Å². The van der Waals surface area contributed by atoms with E-state index in [1.54, 1.807) is 7.05 Å². The second-order valence-corrected chi connectivity index (χ2v) is 5.56. The summed E-state index contributed by atoms with van der Waals surface area (Å²) in [4.78, 5) is 39.2. The van der Waals surface area contributed by atoms with Gasteiger partial charge in [-0.05, 0) is 12.1 Å². The smallest absolute Gasteiger partial charge is 0.353 e. The number of fused-ring (bicyclic) bond motifs is 1. The molecule has 2 aromatic heterocycles. The zero-order valence-corrected chi connectivity index (χ0v) is 13.9. The zero-order chi connectivity index (χ0) is 19.7. The Hall–Kier alpha value is -3.90. The van der Waals surface area contributed by atoms with E-state index >= 15 is 0 Å². The Bertz CT molecular complexity index is 1110. The third-order valence-corrected chi connectivity index (χ3v) is 3.84. The van der Waals surface area contributed by atoms with E-state index in [4.69, 9.17) is 5.73 Å². The number of amides is 1. The molecule has 140 valence electrons. The Morgan fingerprint density at radius 3 is 2.85 bits per heavy atom. The summed E-state index contributed by atoms with van der Waals surface area (Å²) in [6.07, 6.45) is 1.11. The van der Waals surface area contributed by atoms with Crippen LogP contribution in [0, 0.1) is 15.9 Å². The van der Waals surface area contributed by atoms with Crippen molar-refractivity contribution in [3.05, 3.63) is 56.6 Å². The van der Waals surface area contributed by atoms with Crippen LogP contribution in [-0.4, -0.2) is 48.8 Å². The third-order valence-electron chi connectivity index (χ3n) is 3.84. The summed E-state index contributed by atoms with van der Waals surface area (Å²) in [5.74, 6) is -1.57. The largest absolute Gasteiger partial charge is 0.367 e. The first-order chi connectivity index (χ1) is 12.8. The molecule has 0 saturated heterocycles. The van der Waals surface area contributed by atoms with Gasteiger partial charge in [-0.1, -0.05) is 5.21 Å². The van der Waals surface area contributed by atoms with Crippen molar-refractivity contribution in [3.63, 3.8) is 0 Å². The number of halogens is 1. The van der Waals surface area contributed by atoms with Crippen LogP contribution >= 0.6 is 0 Å². The van der Waals surface area contributed by atoms with Gasteiger partial charge in [-0.25, -0.2) is 18.6 Å². The maximum Gasteiger partial charge on any atom is 0.353 e. The van der Waals surface area contributed by atoms with Crippen LogP contribution in [0.5, 0.6) is 0 Å². The van der Waals surface area contributed by atoms with E-state index in [1.165, 1.54) is 11.0 Å². The summed E-state index contributed by atoms with van der Waals surface area (Å²) < 4.78 is 15.3. The van der Waals surface area contributed by atoms with E-state index in [-0.39, 0.29) is 30.1 Å². The predicted octanol–water partition coefficient (Wildman–Crippen LogP) is -0.431. The maximum atomic E-state index is 13.3. The number of aromatic nitrogens is 5. The van der Waals surface area contributed by atoms with Crippen molar-refractivity contribution in [2.24, 2.45) is 5.73 Å². The highest BCUT2D eigenvalue weighted by molar-refractivity contribution is 5.96. The maximum absolute atomic E-state index is 13.3. The van der Waals surface area contributed by atoms with Crippen LogP contribution < -0.4 is 16.3 Å². The molecule has 0 fully saturated rings. The zero-order valence-electron chi connectivity index (χ0n) is 13.9. The van der Waals surface area contributed by atoms with Gasteiger partial charge in [0.25, 0.3) is 11.6 Å². The average molecular weight is 376 g/mol. The Balaban J connectivity index is 1.85. The molecule has 27 heavy (non-hydrogen) atoms. The van der Waals surface area contributed by atoms with Crippen LogP contribution in [0.4, 0.5) is 15.8 Å². The van der Waals surface area contributed by atoms with E-state index in [0.717, 1.165) is 27.5 Å². The highest BCUT2D eigenvalue weighted by Crippen LogP contribution is 2.27. The lowest BCUT2D eigenvalue weighted by Gasteiger charge is -2.19. The fraction of sp³-hybridized carbons (Fsp3) is 0.214. The normalized spacial score (nSPS) is 10.9. The summed E-state index contributed by atoms with van der Waals surface area (Å²) in [6, 6.07) is 3.20. The Morgan fingerprint density at radius 2 is 2.19 bits per heavy atom. The van der Waals surface area contributed by atoms with Crippen molar-refractivity contribution in [1.29, 1.82) is 0 Å². The van der Waals surface area contributed by atoms with E-state index in [1.807, 2.05) is 0 Å². The van der Waals surface area contributed by atoms with Gasteiger partial charge >= 0.3 is 5.69 Å². The van der Waals surface area contributed by atoms with Gasteiger partial charge < -0.3 is 10.6 Å². The number of carbonyl (C=O) groups is 1. The first kappa shape index (κ1) is 17.9. The van der Waals surface area contributed by atoms with Crippen molar-refractivity contribution in [2.75, 3.05) is 18.5 Å². The summed E-state index contributed by atoms with van der Waals surface area (Å²) in [5.41, 5.74) is 4.08. The lowest BCUT2D eigenvalue weighted by Crippen LogP contribution is -2.34. The van der Waals surface area contributed by atoms with Gasteiger partial charge in [0, 0.05) is 13.6 Å². The second kappa shape index (κ2) is 6.78. The minimum atomic E-state index is -0.840. The van der Waals surface area contributed by atoms with Gasteiger partial charge in [0.15, 0.2) is 11.3 Å². The molecule has 2 N–H and O–H groups in total. The van der Waals surface area contributed by atoms with Gasteiger partial charge in [0.2, 0.25) is 0 Å². The number of likely N-dealkylation sites (N-methyl/N-ethyl adjacent to an activating group) is 1. The predicted molar refractivity (Wildman–Crippen MR) is 89.9 cm³/mol. The number of nitro groups is 1. The van der Waals surface area contributed by atoms with Gasteiger partial charge in [0.1, 0.15) is 17.8 Å². The molecule has 0 spiro atoms. The third kappa shape index (κ3) is 3.29. The second-order valence-electron chi connectivity index (χ2n) is 5.56. The van der Waals surface area contributed by atoms with Crippen LogP contribution in [0.2, 0.25) is 0 Å². The molecule has 0 atom stereocenters. The number of imidazole rings is 1. The number of carbonyl (C=O) groups excluding carboxylic acids is 1. The summed E-state index contributed by atoms with van der Waals surface area (Å²) in [6.45, 7) is 0.167. The van der Waals surface area contributed by atoms with E-state index in [9.17, 15) is 24.1 Å². The van der Waals surface area contributed by atoms with E-state index in [0.29, 0.717) is 0 Å². The van der Waals surface area contributed by atoms with Crippen molar-refractivity contribution in [1.82, 2.24) is 24.4 Å². The molecule has 0 bridgehead atoms. The number of benzene rings is 1. The van der Waals surface area contributed by atoms with Crippen LogP contribution in [-0.2, 0) is 6.54 Å². The van der Waals surface area contributed by atoms with E-state index in [2.05, 4.69) is 15.3 Å². The topological polar surface area (TPSA) is 155 Å². The van der Waals surface area contributed by atoms with Gasteiger partial charge in [-0.2, -0.15) is 4.68 Å². The number of nitrogens with two attached hydrogens (primary N) is 1. The minimum absolute atomic E-state index is 0.0247.